The van der Waals surface area contributed by atoms with E-state index < -0.39 is 0 Å². The number of nitrogens with zero attached hydrogens (tertiary/aromatic N) is 1. The summed E-state index contributed by atoms with van der Waals surface area (Å²) in [4.78, 5) is 11.9. The van der Waals surface area contributed by atoms with E-state index in [0.29, 0.717) is 19.2 Å². The van der Waals surface area contributed by atoms with Crippen LogP contribution in [0.2, 0.25) is 0 Å². The molecule has 0 spiro atoms. The molecule has 3 rings (SSSR count). The zero-order chi connectivity index (χ0) is 17.6. The van der Waals surface area contributed by atoms with E-state index >= 15 is 0 Å². The molecule has 2 N–H and O–H groups in total. The van der Waals surface area contributed by atoms with E-state index in [9.17, 15) is 4.79 Å². The normalized spacial score (nSPS) is 14.5. The average molecular weight is 343 g/mol. The third-order valence-corrected chi connectivity index (χ3v) is 4.59. The predicted octanol–water partition coefficient (Wildman–Crippen LogP) is 3.61. The van der Waals surface area contributed by atoms with Gasteiger partial charge in [-0.25, -0.2) is 4.79 Å². The number of nitrogens with one attached hydrogen (secondary N) is 2. The van der Waals surface area contributed by atoms with Gasteiger partial charge in [0.25, 0.3) is 0 Å². The summed E-state index contributed by atoms with van der Waals surface area (Å²) in [5.74, 6) is 1.63. The van der Waals surface area contributed by atoms with Crippen LogP contribution in [-0.2, 0) is 13.1 Å². The van der Waals surface area contributed by atoms with Crippen LogP contribution >= 0.6 is 0 Å². The van der Waals surface area contributed by atoms with Crippen molar-refractivity contribution in [2.24, 2.45) is 0 Å². The Kier molecular flexibility index (Phi) is 5.58. The highest BCUT2D eigenvalue weighted by atomic mass is 16.5. The van der Waals surface area contributed by atoms with E-state index in [2.05, 4.69) is 15.8 Å². The SMILES string of the molecule is Cc1noc(C)c1CNC(=O)NCc1ccc(OC2CCCC2)cc1. The summed E-state index contributed by atoms with van der Waals surface area (Å²) in [6.07, 6.45) is 5.17. The molecule has 25 heavy (non-hydrogen) atoms. The Balaban J connectivity index is 1.42. The first-order valence-electron chi connectivity index (χ1n) is 8.81. The van der Waals surface area contributed by atoms with Gasteiger partial charge in [-0.1, -0.05) is 17.3 Å². The van der Waals surface area contributed by atoms with Crippen LogP contribution in [0, 0.1) is 13.8 Å². The molecular formula is C19H25N3O3. The third kappa shape index (κ3) is 4.75. The third-order valence-electron chi connectivity index (χ3n) is 4.59. The van der Waals surface area contributed by atoms with Gasteiger partial charge in [0.15, 0.2) is 0 Å². The van der Waals surface area contributed by atoms with Crippen molar-refractivity contribution in [2.75, 3.05) is 0 Å². The monoisotopic (exact) mass is 343 g/mol. The number of aryl methyl sites for hydroxylation is 2. The number of hydrogen-bond acceptors (Lipinski definition) is 4. The lowest BCUT2D eigenvalue weighted by molar-refractivity contribution is 0.210. The van der Waals surface area contributed by atoms with Crippen molar-refractivity contribution in [3.8, 4) is 5.75 Å². The molecule has 1 heterocycles. The molecule has 1 fully saturated rings. The molecule has 1 saturated carbocycles. The van der Waals surface area contributed by atoms with Gasteiger partial charge in [0.05, 0.1) is 11.8 Å². The van der Waals surface area contributed by atoms with Crippen molar-refractivity contribution in [3.05, 3.63) is 46.8 Å². The van der Waals surface area contributed by atoms with Gasteiger partial charge in [0, 0.05) is 18.7 Å². The second-order valence-corrected chi connectivity index (χ2v) is 6.51. The molecule has 1 aliphatic rings. The standard InChI is InChI=1S/C19H25N3O3/c1-13-18(14(2)25-22-13)12-21-19(23)20-11-15-7-9-17(10-8-15)24-16-5-3-4-6-16/h7-10,16H,3-6,11-12H2,1-2H3,(H2,20,21,23). The van der Waals surface area contributed by atoms with E-state index in [4.69, 9.17) is 9.26 Å². The molecular weight excluding hydrogens is 318 g/mol. The number of amides is 2. The van der Waals surface area contributed by atoms with Gasteiger partial charge in [-0.3, -0.25) is 0 Å². The fraction of sp³-hybridized carbons (Fsp3) is 0.474. The Hall–Kier alpha value is -2.50. The lowest BCUT2D eigenvalue weighted by atomic mass is 10.2. The highest BCUT2D eigenvalue weighted by Gasteiger charge is 2.16. The summed E-state index contributed by atoms with van der Waals surface area (Å²) < 4.78 is 11.0. The van der Waals surface area contributed by atoms with Gasteiger partial charge in [0.2, 0.25) is 0 Å². The van der Waals surface area contributed by atoms with Crippen molar-refractivity contribution in [1.82, 2.24) is 15.8 Å². The smallest absolute Gasteiger partial charge is 0.315 e. The maximum atomic E-state index is 11.9. The Morgan fingerprint density at radius 2 is 1.84 bits per heavy atom. The maximum absolute atomic E-state index is 11.9. The van der Waals surface area contributed by atoms with Crippen LogP contribution < -0.4 is 15.4 Å². The number of urea groups is 1. The summed E-state index contributed by atoms with van der Waals surface area (Å²) in [5, 5.41) is 9.55. The van der Waals surface area contributed by atoms with Crippen LogP contribution in [-0.4, -0.2) is 17.3 Å². The minimum Gasteiger partial charge on any atom is -0.490 e. The minimum absolute atomic E-state index is 0.216. The molecule has 0 unspecified atom stereocenters. The molecule has 2 amide bonds. The zero-order valence-electron chi connectivity index (χ0n) is 14.8. The van der Waals surface area contributed by atoms with Gasteiger partial charge in [0.1, 0.15) is 11.5 Å². The number of carbonyl (C=O) groups is 1. The van der Waals surface area contributed by atoms with Crippen LogP contribution in [0.25, 0.3) is 0 Å². The molecule has 0 bridgehead atoms. The maximum Gasteiger partial charge on any atom is 0.315 e. The van der Waals surface area contributed by atoms with Crippen molar-refractivity contribution < 1.29 is 14.1 Å². The van der Waals surface area contributed by atoms with E-state index in [-0.39, 0.29) is 6.03 Å². The lowest BCUT2D eigenvalue weighted by Crippen LogP contribution is -2.34. The minimum atomic E-state index is -0.216. The summed E-state index contributed by atoms with van der Waals surface area (Å²) in [5.41, 5.74) is 2.76. The Morgan fingerprint density at radius 3 is 2.48 bits per heavy atom. The Labute approximate surface area is 147 Å². The molecule has 6 heteroatoms. The summed E-state index contributed by atoms with van der Waals surface area (Å²) in [7, 11) is 0. The van der Waals surface area contributed by atoms with Crippen LogP contribution in [0.5, 0.6) is 5.75 Å². The van der Waals surface area contributed by atoms with Crippen molar-refractivity contribution >= 4 is 6.03 Å². The molecule has 1 aliphatic carbocycles. The van der Waals surface area contributed by atoms with Crippen LogP contribution in [0.4, 0.5) is 4.79 Å². The second kappa shape index (κ2) is 8.05. The Morgan fingerprint density at radius 1 is 1.16 bits per heavy atom. The Bertz CT molecular complexity index is 684. The second-order valence-electron chi connectivity index (χ2n) is 6.51. The quantitative estimate of drug-likeness (QED) is 0.840. The van der Waals surface area contributed by atoms with Crippen molar-refractivity contribution in [1.29, 1.82) is 0 Å². The largest absolute Gasteiger partial charge is 0.490 e. The van der Waals surface area contributed by atoms with Crippen molar-refractivity contribution in [3.63, 3.8) is 0 Å². The lowest BCUT2D eigenvalue weighted by Gasteiger charge is -2.13. The molecule has 1 aromatic carbocycles. The molecule has 6 nitrogen and oxygen atoms in total. The van der Waals surface area contributed by atoms with Gasteiger partial charge in [-0.2, -0.15) is 0 Å². The van der Waals surface area contributed by atoms with Crippen LogP contribution in [0.15, 0.2) is 28.8 Å². The van der Waals surface area contributed by atoms with E-state index in [1.807, 2.05) is 38.1 Å². The number of carbonyl (C=O) groups excluding carboxylic acids is 1. The average Bonchev–Trinajstić information content (AvgIpc) is 3.23. The van der Waals surface area contributed by atoms with E-state index in [0.717, 1.165) is 41.2 Å². The summed E-state index contributed by atoms with van der Waals surface area (Å²) in [6.45, 7) is 4.57. The fourth-order valence-corrected chi connectivity index (χ4v) is 3.05. The highest BCUT2D eigenvalue weighted by Crippen LogP contribution is 2.24. The molecule has 1 aromatic heterocycles. The predicted molar refractivity (Wildman–Crippen MR) is 94.4 cm³/mol. The molecule has 0 atom stereocenters. The van der Waals surface area contributed by atoms with Gasteiger partial charge >= 0.3 is 6.03 Å². The van der Waals surface area contributed by atoms with Crippen molar-refractivity contribution in [2.45, 2.75) is 58.7 Å². The first-order chi connectivity index (χ1) is 12.1. The molecule has 0 aliphatic heterocycles. The van der Waals surface area contributed by atoms with Gasteiger partial charge in [-0.15, -0.1) is 0 Å². The van der Waals surface area contributed by atoms with E-state index in [1.165, 1.54) is 12.8 Å². The molecule has 0 saturated heterocycles. The topological polar surface area (TPSA) is 76.4 Å². The highest BCUT2D eigenvalue weighted by molar-refractivity contribution is 5.73. The number of aromatic nitrogens is 1. The number of hydrogen-bond donors (Lipinski definition) is 2. The first-order valence-corrected chi connectivity index (χ1v) is 8.81. The van der Waals surface area contributed by atoms with E-state index in [1.54, 1.807) is 0 Å². The zero-order valence-corrected chi connectivity index (χ0v) is 14.8. The fourth-order valence-electron chi connectivity index (χ4n) is 3.05. The summed E-state index contributed by atoms with van der Waals surface area (Å²) >= 11 is 0. The molecule has 2 aromatic rings. The molecule has 0 radical (unpaired) electrons. The van der Waals surface area contributed by atoms with Gasteiger partial charge in [-0.05, 0) is 57.2 Å². The van der Waals surface area contributed by atoms with Crippen LogP contribution in [0.3, 0.4) is 0 Å². The molecule has 134 valence electrons. The van der Waals surface area contributed by atoms with Crippen LogP contribution in [0.1, 0.15) is 48.3 Å². The van der Waals surface area contributed by atoms with Gasteiger partial charge < -0.3 is 19.9 Å². The summed E-state index contributed by atoms with van der Waals surface area (Å²) in [6, 6.07) is 7.69. The number of benzene rings is 1. The number of ether oxygens (including phenoxy) is 1. The first kappa shape index (κ1) is 17.3. The number of rotatable bonds is 6.